The molecule has 0 amide bonds. The molecule has 200 valence electrons. The molecule has 0 saturated heterocycles. The Morgan fingerprint density at radius 3 is 1.21 bits per heavy atom. The molecule has 1 nitrogen and oxygen atoms in total. The van der Waals surface area contributed by atoms with Crippen molar-refractivity contribution in [3.05, 3.63) is 127 Å². The van der Waals surface area contributed by atoms with Crippen LogP contribution in [0.15, 0.2) is 121 Å². The van der Waals surface area contributed by atoms with Gasteiger partial charge in [-0.25, -0.2) is 0 Å². The van der Waals surface area contributed by atoms with Crippen LogP contribution in [0.5, 0.6) is 0 Å². The van der Waals surface area contributed by atoms with E-state index in [0.717, 1.165) is 11.1 Å². The zero-order valence-electron chi connectivity index (χ0n) is 24.1. The van der Waals surface area contributed by atoms with Crippen molar-refractivity contribution in [1.82, 2.24) is 0 Å². The standard InChI is InChI=1S/C39H25N.C2H6/c1-22-2-4-23(5-3-22)28-14-6-24-10-18-32-29(15-7-25-9-17-31(28)36(24)37(25)32)30-16-8-26-12-20-34-35(40)21-13-27-11-19-33(30)38(26)39(27)34;1-2/h2-21H,40H2,1H3;1-2H3. The lowest BCUT2D eigenvalue weighted by atomic mass is 9.85. The average molecular weight is 538 g/mol. The Kier molecular flexibility index (Phi) is 5.39. The first-order chi connectivity index (χ1) is 20.7. The van der Waals surface area contributed by atoms with Crippen molar-refractivity contribution < 1.29 is 0 Å². The van der Waals surface area contributed by atoms with Crippen LogP contribution >= 0.6 is 0 Å². The second kappa shape index (κ2) is 9.19. The monoisotopic (exact) mass is 537 g/mol. The second-order valence-electron chi connectivity index (χ2n) is 11.2. The summed E-state index contributed by atoms with van der Waals surface area (Å²) < 4.78 is 0. The minimum Gasteiger partial charge on any atom is -0.398 e. The third-order valence-electron chi connectivity index (χ3n) is 9.02. The maximum atomic E-state index is 6.43. The molecule has 9 aromatic rings. The molecule has 0 radical (unpaired) electrons. The minimum absolute atomic E-state index is 0.833. The lowest BCUT2D eigenvalue weighted by molar-refractivity contribution is 1.47. The van der Waals surface area contributed by atoms with Crippen molar-refractivity contribution in [1.29, 1.82) is 0 Å². The molecule has 42 heavy (non-hydrogen) atoms. The largest absolute Gasteiger partial charge is 0.398 e. The lowest BCUT2D eigenvalue weighted by Gasteiger charge is -2.18. The van der Waals surface area contributed by atoms with E-state index in [-0.39, 0.29) is 0 Å². The number of anilines is 1. The molecule has 9 aromatic carbocycles. The van der Waals surface area contributed by atoms with E-state index in [1.165, 1.54) is 87.1 Å². The van der Waals surface area contributed by atoms with Gasteiger partial charge in [-0.1, -0.05) is 135 Å². The SMILES string of the molecule is CC.Cc1ccc(-c2ccc3ccc4c(-c5ccc6ccc7c(N)ccc8ccc5c6c87)ccc5ccc2c3c54)cc1. The van der Waals surface area contributed by atoms with Gasteiger partial charge in [0.1, 0.15) is 0 Å². The van der Waals surface area contributed by atoms with Crippen molar-refractivity contribution in [3.63, 3.8) is 0 Å². The highest BCUT2D eigenvalue weighted by Gasteiger charge is 2.18. The first-order valence-corrected chi connectivity index (χ1v) is 14.9. The highest BCUT2D eigenvalue weighted by Crippen LogP contribution is 2.45. The predicted octanol–water partition coefficient (Wildman–Crippen LogP) is 11.7. The normalized spacial score (nSPS) is 11.8. The van der Waals surface area contributed by atoms with E-state index in [2.05, 4.69) is 122 Å². The summed E-state index contributed by atoms with van der Waals surface area (Å²) in [7, 11) is 0. The first kappa shape index (κ1) is 24.6. The summed E-state index contributed by atoms with van der Waals surface area (Å²) in [5.41, 5.74) is 13.6. The molecule has 0 bridgehead atoms. The summed E-state index contributed by atoms with van der Waals surface area (Å²) in [5.74, 6) is 0. The van der Waals surface area contributed by atoms with E-state index >= 15 is 0 Å². The van der Waals surface area contributed by atoms with Gasteiger partial charge in [-0.05, 0) is 94.5 Å². The Bertz CT molecular complexity index is 2430. The fraction of sp³-hybridized carbons (Fsp3) is 0.0732. The quantitative estimate of drug-likeness (QED) is 0.172. The minimum atomic E-state index is 0.833. The van der Waals surface area contributed by atoms with E-state index in [0.29, 0.717) is 0 Å². The molecular weight excluding hydrogens is 506 g/mol. The highest BCUT2D eigenvalue weighted by atomic mass is 14.5. The zero-order chi connectivity index (χ0) is 28.5. The van der Waals surface area contributed by atoms with Gasteiger partial charge in [-0.3, -0.25) is 0 Å². The topological polar surface area (TPSA) is 26.0 Å². The van der Waals surface area contributed by atoms with Crippen molar-refractivity contribution in [2.45, 2.75) is 20.8 Å². The fourth-order valence-electron chi connectivity index (χ4n) is 7.08. The van der Waals surface area contributed by atoms with Crippen LogP contribution in [0.4, 0.5) is 5.69 Å². The van der Waals surface area contributed by atoms with Crippen LogP contribution in [-0.4, -0.2) is 0 Å². The number of aryl methyl sites for hydroxylation is 1. The average Bonchev–Trinajstić information content (AvgIpc) is 3.04. The van der Waals surface area contributed by atoms with E-state index in [1.807, 2.05) is 19.9 Å². The summed E-state index contributed by atoms with van der Waals surface area (Å²) in [6.45, 7) is 6.14. The van der Waals surface area contributed by atoms with E-state index in [4.69, 9.17) is 5.73 Å². The third kappa shape index (κ3) is 3.37. The fourth-order valence-corrected chi connectivity index (χ4v) is 7.08. The van der Waals surface area contributed by atoms with E-state index in [9.17, 15) is 0 Å². The van der Waals surface area contributed by atoms with Gasteiger partial charge in [0.25, 0.3) is 0 Å². The Labute approximate surface area is 245 Å². The number of hydrogen-bond acceptors (Lipinski definition) is 1. The van der Waals surface area contributed by atoms with Gasteiger partial charge in [0.15, 0.2) is 0 Å². The van der Waals surface area contributed by atoms with Gasteiger partial charge in [-0.15, -0.1) is 0 Å². The molecule has 0 heterocycles. The van der Waals surface area contributed by atoms with Gasteiger partial charge in [0.05, 0.1) is 0 Å². The number of nitrogens with two attached hydrogens (primary N) is 1. The highest BCUT2D eigenvalue weighted by molar-refractivity contribution is 6.31. The smallest absolute Gasteiger partial charge is 0.0394 e. The Hall–Kier alpha value is -5.14. The Balaban J connectivity index is 0.00000131. The van der Waals surface area contributed by atoms with Crippen LogP contribution in [0.3, 0.4) is 0 Å². The van der Waals surface area contributed by atoms with Gasteiger partial charge in [0, 0.05) is 11.1 Å². The van der Waals surface area contributed by atoms with Gasteiger partial charge in [-0.2, -0.15) is 0 Å². The summed E-state index contributed by atoms with van der Waals surface area (Å²) in [4.78, 5) is 0. The molecule has 0 aliphatic heterocycles. The molecule has 0 aliphatic rings. The van der Waals surface area contributed by atoms with Gasteiger partial charge in [0.2, 0.25) is 0 Å². The zero-order valence-corrected chi connectivity index (χ0v) is 24.1. The lowest BCUT2D eigenvalue weighted by Crippen LogP contribution is -1.92. The van der Waals surface area contributed by atoms with Crippen molar-refractivity contribution in [3.8, 4) is 22.3 Å². The van der Waals surface area contributed by atoms with E-state index in [1.54, 1.807) is 0 Å². The van der Waals surface area contributed by atoms with Crippen LogP contribution in [0.1, 0.15) is 19.4 Å². The first-order valence-electron chi connectivity index (χ1n) is 14.9. The third-order valence-corrected chi connectivity index (χ3v) is 9.02. The molecule has 0 unspecified atom stereocenters. The Morgan fingerprint density at radius 2 is 0.714 bits per heavy atom. The molecule has 2 N–H and O–H groups in total. The van der Waals surface area contributed by atoms with Crippen molar-refractivity contribution in [2.75, 3.05) is 5.73 Å². The molecular formula is C41H31N. The van der Waals surface area contributed by atoms with Crippen molar-refractivity contribution >= 4 is 70.3 Å². The maximum Gasteiger partial charge on any atom is 0.0394 e. The molecule has 0 saturated carbocycles. The van der Waals surface area contributed by atoms with E-state index < -0.39 is 0 Å². The molecule has 9 rings (SSSR count). The number of benzene rings is 9. The summed E-state index contributed by atoms with van der Waals surface area (Å²) >= 11 is 0. The number of nitrogen functional groups attached to an aromatic ring is 1. The molecule has 0 spiro atoms. The van der Waals surface area contributed by atoms with Crippen LogP contribution in [-0.2, 0) is 0 Å². The number of rotatable bonds is 2. The summed E-state index contributed by atoms with van der Waals surface area (Å²) in [5, 5.41) is 15.3. The van der Waals surface area contributed by atoms with Crippen molar-refractivity contribution in [2.24, 2.45) is 0 Å². The van der Waals surface area contributed by atoms with Crippen LogP contribution < -0.4 is 5.73 Å². The van der Waals surface area contributed by atoms with Crippen LogP contribution in [0, 0.1) is 6.92 Å². The molecule has 1 heteroatoms. The molecule has 0 atom stereocenters. The summed E-state index contributed by atoms with van der Waals surface area (Å²) in [6, 6.07) is 44.9. The second-order valence-corrected chi connectivity index (χ2v) is 11.2. The summed E-state index contributed by atoms with van der Waals surface area (Å²) in [6.07, 6.45) is 0. The van der Waals surface area contributed by atoms with Crippen LogP contribution in [0.25, 0.3) is 86.9 Å². The van der Waals surface area contributed by atoms with Crippen LogP contribution in [0.2, 0.25) is 0 Å². The Morgan fingerprint density at radius 1 is 0.357 bits per heavy atom. The predicted molar refractivity (Wildman–Crippen MR) is 185 cm³/mol. The maximum absolute atomic E-state index is 6.43. The van der Waals surface area contributed by atoms with Gasteiger partial charge < -0.3 is 5.73 Å². The number of hydrogen-bond donors (Lipinski definition) is 1. The molecule has 0 aromatic heterocycles. The molecule has 0 aliphatic carbocycles. The van der Waals surface area contributed by atoms with Gasteiger partial charge >= 0.3 is 0 Å². The molecule has 0 fully saturated rings.